The SMILES string of the molecule is CC(C)C[C@H](NC(=O)[C@@H](N)Cc1ccc(O)cc1)C(=O)NCC(=O)N[C@@H](C)C(=O)N[C@@H](C)C(=O)NCC(=O)N[C@@H](C)C(=O)N[C@H](C(=O)N[C@@H](CCCN=C(N)N)C(=O)N[C@H](C(=O)O)C(C)C)[C@@H](C)O. The smallest absolute Gasteiger partial charge is 0.326 e. The normalized spacial score (nSPS) is 14.9. The number of phenolic OH excluding ortho intramolecular Hbond substituents is 1. The number of aliphatic hydroxyl groups is 1. The monoisotopic (exact) mass is 978 g/mol. The third kappa shape index (κ3) is 23.0. The average molecular weight is 978 g/mol. The molecule has 0 bridgehead atoms. The summed E-state index contributed by atoms with van der Waals surface area (Å²) in [5.41, 5.74) is 17.4. The molecular formula is C43H71N13O13. The molecule has 0 saturated carbocycles. The summed E-state index contributed by atoms with van der Waals surface area (Å²) in [6, 6.07) is -3.97. The Morgan fingerprint density at radius 1 is 0.594 bits per heavy atom. The number of hydrogen-bond acceptors (Lipinski definition) is 14. The van der Waals surface area contributed by atoms with Crippen LogP contribution in [0.1, 0.15) is 80.2 Å². The summed E-state index contributed by atoms with van der Waals surface area (Å²) >= 11 is 0. The van der Waals surface area contributed by atoms with Crippen LogP contribution in [0.25, 0.3) is 0 Å². The second-order valence-electron chi connectivity index (χ2n) is 17.2. The van der Waals surface area contributed by atoms with Crippen LogP contribution >= 0.6 is 0 Å². The van der Waals surface area contributed by atoms with E-state index in [0.717, 1.165) is 0 Å². The fraction of sp³-hybridized carbons (Fsp3) is 0.605. The maximum Gasteiger partial charge on any atom is 0.326 e. The zero-order valence-electron chi connectivity index (χ0n) is 40.2. The Morgan fingerprint density at radius 3 is 1.58 bits per heavy atom. The van der Waals surface area contributed by atoms with Gasteiger partial charge in [0, 0.05) is 6.54 Å². The van der Waals surface area contributed by atoms with E-state index >= 15 is 0 Å². The van der Waals surface area contributed by atoms with E-state index in [1.165, 1.54) is 39.8 Å². The highest BCUT2D eigenvalue weighted by Crippen LogP contribution is 2.12. The fourth-order valence-corrected chi connectivity index (χ4v) is 6.18. The number of nitrogens with zero attached hydrogens (tertiary/aromatic N) is 1. The summed E-state index contributed by atoms with van der Waals surface area (Å²) in [5, 5.41) is 50.9. The van der Waals surface area contributed by atoms with Crippen LogP contribution < -0.4 is 65.1 Å². The number of amides is 9. The van der Waals surface area contributed by atoms with Gasteiger partial charge in [0.15, 0.2) is 5.96 Å². The van der Waals surface area contributed by atoms with Gasteiger partial charge < -0.3 is 80.4 Å². The molecule has 0 aliphatic rings. The Hall–Kier alpha value is -7.09. The number of carboxylic acid groups (broad SMARTS) is 1. The van der Waals surface area contributed by atoms with Gasteiger partial charge in [0.1, 0.15) is 48.0 Å². The molecule has 0 saturated heterocycles. The molecule has 0 aliphatic carbocycles. The molecule has 1 aromatic carbocycles. The molecule has 1 rings (SSSR count). The van der Waals surface area contributed by atoms with Crippen molar-refractivity contribution in [2.45, 2.75) is 136 Å². The van der Waals surface area contributed by atoms with Crippen LogP contribution in [0, 0.1) is 11.8 Å². The van der Waals surface area contributed by atoms with Crippen molar-refractivity contribution in [2.24, 2.45) is 34.0 Å². The standard InChI is InChI=1S/C43H71N13O13/c1-20(2)16-30(54-38(64)28(44)17-26-11-13-27(58)14-12-26)39(65)49-19-32(60)50-23(6)36(62)52-22(5)35(61)48-18-31(59)51-24(7)37(63)56-34(25(8)57)41(67)53-29(10-9-15-47-43(45)46)40(66)55-33(21(3)4)42(68)69/h11-14,20-25,28-30,33-34,57-58H,9-10,15-19,44H2,1-8H3,(H,48,61)(H,49,65)(H,50,60)(H,51,59)(H,52,62)(H,53,67)(H,54,64)(H,55,66)(H,56,63)(H,68,69)(H4,45,46,47)/t22-,23-,24-,25+,28-,29-,30-,33-,34-/m0/s1. The Morgan fingerprint density at radius 2 is 1.09 bits per heavy atom. The topological polar surface area (TPSA) is 430 Å². The number of aliphatic imine (C=N–C) groups is 1. The van der Waals surface area contributed by atoms with Crippen molar-refractivity contribution >= 4 is 65.1 Å². The van der Waals surface area contributed by atoms with Crippen LogP contribution in [0.15, 0.2) is 29.3 Å². The number of aromatic hydroxyl groups is 1. The lowest BCUT2D eigenvalue weighted by Crippen LogP contribution is -2.60. The highest BCUT2D eigenvalue weighted by molar-refractivity contribution is 5.97. The number of rotatable bonds is 29. The first kappa shape index (κ1) is 59.9. The van der Waals surface area contributed by atoms with Crippen LogP contribution in [0.4, 0.5) is 0 Å². The molecule has 1 aromatic rings. The molecule has 0 aromatic heterocycles. The largest absolute Gasteiger partial charge is 0.508 e. The Balaban J connectivity index is 2.72. The van der Waals surface area contributed by atoms with Gasteiger partial charge >= 0.3 is 5.97 Å². The molecule has 18 N–H and O–H groups in total. The first-order valence-corrected chi connectivity index (χ1v) is 22.3. The summed E-state index contributed by atoms with van der Waals surface area (Å²) < 4.78 is 0. The molecule has 9 amide bonds. The number of nitrogens with one attached hydrogen (secondary N) is 9. The number of aliphatic hydroxyl groups excluding tert-OH is 1. The summed E-state index contributed by atoms with van der Waals surface area (Å²) in [6.45, 7) is 10.7. The minimum absolute atomic E-state index is 0.0363. The third-order valence-electron chi connectivity index (χ3n) is 10.1. The Bertz CT molecular complexity index is 1980. The van der Waals surface area contributed by atoms with E-state index in [0.29, 0.717) is 5.56 Å². The van der Waals surface area contributed by atoms with Gasteiger partial charge in [-0.25, -0.2) is 4.79 Å². The van der Waals surface area contributed by atoms with Crippen LogP contribution in [-0.4, -0.2) is 154 Å². The van der Waals surface area contributed by atoms with Crippen molar-refractivity contribution < 1.29 is 63.3 Å². The quantitative estimate of drug-likeness (QED) is 0.0203. The maximum absolute atomic E-state index is 13.3. The van der Waals surface area contributed by atoms with E-state index in [2.05, 4.69) is 52.8 Å². The highest BCUT2D eigenvalue weighted by atomic mass is 16.4. The second kappa shape index (κ2) is 29.6. The van der Waals surface area contributed by atoms with Gasteiger partial charge in [0.2, 0.25) is 53.2 Å². The number of aliphatic carboxylic acids is 1. The molecule has 9 atom stereocenters. The van der Waals surface area contributed by atoms with Crippen LogP contribution in [0.3, 0.4) is 0 Å². The van der Waals surface area contributed by atoms with E-state index in [-0.39, 0.29) is 49.9 Å². The summed E-state index contributed by atoms with van der Waals surface area (Å²) in [4.78, 5) is 132. The highest BCUT2D eigenvalue weighted by Gasteiger charge is 2.34. The Labute approximate surface area is 400 Å². The number of carboxylic acids is 1. The van der Waals surface area contributed by atoms with Gasteiger partial charge in [0.25, 0.3) is 0 Å². The molecule has 0 aliphatic heterocycles. The molecule has 69 heavy (non-hydrogen) atoms. The van der Waals surface area contributed by atoms with E-state index in [4.69, 9.17) is 17.2 Å². The molecule has 0 spiro atoms. The second-order valence-corrected chi connectivity index (χ2v) is 17.2. The first-order valence-electron chi connectivity index (χ1n) is 22.3. The predicted octanol–water partition coefficient (Wildman–Crippen LogP) is -4.83. The van der Waals surface area contributed by atoms with Crippen molar-refractivity contribution in [2.75, 3.05) is 19.6 Å². The first-order chi connectivity index (χ1) is 32.1. The number of nitrogens with two attached hydrogens (primary N) is 3. The molecule has 26 nitrogen and oxygen atoms in total. The minimum atomic E-state index is -1.66. The molecule has 0 unspecified atom stereocenters. The predicted molar refractivity (Wildman–Crippen MR) is 250 cm³/mol. The molecular weight excluding hydrogens is 907 g/mol. The van der Waals surface area contributed by atoms with Crippen LogP contribution in [0.2, 0.25) is 0 Å². The van der Waals surface area contributed by atoms with Crippen molar-refractivity contribution in [3.63, 3.8) is 0 Å². The van der Waals surface area contributed by atoms with Crippen LogP contribution in [-0.2, 0) is 54.4 Å². The average Bonchev–Trinajstić information content (AvgIpc) is 3.25. The number of hydrogen-bond donors (Lipinski definition) is 15. The number of phenols is 1. The van der Waals surface area contributed by atoms with Gasteiger partial charge in [-0.2, -0.15) is 0 Å². The minimum Gasteiger partial charge on any atom is -0.508 e. The van der Waals surface area contributed by atoms with Gasteiger partial charge in [-0.05, 0) is 82.9 Å². The number of benzene rings is 1. The van der Waals surface area contributed by atoms with E-state index in [1.54, 1.807) is 26.0 Å². The maximum atomic E-state index is 13.3. The van der Waals surface area contributed by atoms with Gasteiger partial charge in [-0.1, -0.05) is 39.8 Å². The fourth-order valence-electron chi connectivity index (χ4n) is 6.18. The summed E-state index contributed by atoms with van der Waals surface area (Å²) in [5.74, 6) is -9.39. The molecule has 0 heterocycles. The Kier molecular flexibility index (Phi) is 25.7. The van der Waals surface area contributed by atoms with Gasteiger partial charge in [-0.15, -0.1) is 0 Å². The zero-order chi connectivity index (χ0) is 52.7. The van der Waals surface area contributed by atoms with Crippen molar-refractivity contribution in [3.8, 4) is 5.75 Å². The van der Waals surface area contributed by atoms with Crippen molar-refractivity contribution in [1.82, 2.24) is 47.9 Å². The molecule has 0 fully saturated rings. The number of guanidine groups is 1. The molecule has 386 valence electrons. The summed E-state index contributed by atoms with van der Waals surface area (Å²) in [6.07, 6.45) is -1.07. The molecule has 0 radical (unpaired) electrons. The lowest BCUT2D eigenvalue weighted by Gasteiger charge is -2.27. The van der Waals surface area contributed by atoms with Crippen LogP contribution in [0.5, 0.6) is 5.75 Å². The van der Waals surface area contributed by atoms with Crippen molar-refractivity contribution in [1.29, 1.82) is 0 Å². The summed E-state index contributed by atoms with van der Waals surface area (Å²) in [7, 11) is 0. The molecule has 26 heteroatoms. The zero-order valence-corrected chi connectivity index (χ0v) is 40.2. The number of carbonyl (C=O) groups excluding carboxylic acids is 9. The van der Waals surface area contributed by atoms with E-state index in [1.807, 2.05) is 13.8 Å². The lowest BCUT2D eigenvalue weighted by molar-refractivity contribution is -0.143. The number of carbonyl (C=O) groups is 10. The van der Waals surface area contributed by atoms with Crippen molar-refractivity contribution in [3.05, 3.63) is 29.8 Å². The van der Waals surface area contributed by atoms with E-state index in [9.17, 15) is 63.3 Å². The lowest BCUT2D eigenvalue weighted by atomic mass is 10.0. The van der Waals surface area contributed by atoms with Gasteiger partial charge in [-0.3, -0.25) is 48.1 Å². The third-order valence-corrected chi connectivity index (χ3v) is 10.1. The van der Waals surface area contributed by atoms with Gasteiger partial charge in [0.05, 0.1) is 25.2 Å². The van der Waals surface area contributed by atoms with E-state index < -0.39 is 133 Å².